The highest BCUT2D eigenvalue weighted by atomic mass is 32.2. The van der Waals surface area contributed by atoms with Crippen molar-refractivity contribution in [2.45, 2.75) is 30.9 Å². The Hall–Kier alpha value is -0.920. The molecule has 0 spiro atoms. The molecule has 112 valence electrons. The van der Waals surface area contributed by atoms with Crippen molar-refractivity contribution in [1.82, 2.24) is 4.72 Å². The van der Waals surface area contributed by atoms with Crippen LogP contribution in [0.5, 0.6) is 0 Å². The van der Waals surface area contributed by atoms with Gasteiger partial charge in [0, 0.05) is 11.4 Å². The van der Waals surface area contributed by atoms with Gasteiger partial charge in [-0.05, 0) is 30.7 Å². The van der Waals surface area contributed by atoms with Gasteiger partial charge in [-0.15, -0.1) is 11.3 Å². The lowest BCUT2D eigenvalue weighted by molar-refractivity contribution is -0.145. The van der Waals surface area contributed by atoms with Crippen LogP contribution in [0.3, 0.4) is 0 Å². The highest BCUT2D eigenvalue weighted by Gasteiger charge is 2.41. The van der Waals surface area contributed by atoms with Crippen LogP contribution in [0.2, 0.25) is 0 Å². The topological polar surface area (TPSA) is 72.5 Å². The van der Waals surface area contributed by atoms with E-state index in [0.29, 0.717) is 25.8 Å². The summed E-state index contributed by atoms with van der Waals surface area (Å²) in [6.07, 6.45) is 2.53. The van der Waals surface area contributed by atoms with Crippen molar-refractivity contribution in [3.8, 4) is 0 Å². The van der Waals surface area contributed by atoms with Crippen LogP contribution in [0.25, 0.3) is 0 Å². The Balaban J connectivity index is 1.93. The fraction of sp³-hybridized carbons (Fsp3) is 0.615. The minimum absolute atomic E-state index is 0.368. The van der Waals surface area contributed by atoms with Gasteiger partial charge in [-0.25, -0.2) is 13.1 Å². The average molecular weight is 317 g/mol. The van der Waals surface area contributed by atoms with Gasteiger partial charge in [-0.2, -0.15) is 0 Å². The summed E-state index contributed by atoms with van der Waals surface area (Å²) in [4.78, 5) is 12.8. The Morgan fingerprint density at radius 3 is 2.95 bits per heavy atom. The van der Waals surface area contributed by atoms with Crippen LogP contribution in [0.15, 0.2) is 17.5 Å². The number of hydrogen-bond acceptors (Lipinski definition) is 5. The molecular formula is C13H19NO4S2. The lowest BCUT2D eigenvalue weighted by atomic mass is 10.1. The summed E-state index contributed by atoms with van der Waals surface area (Å²) < 4.78 is 31.9. The predicted octanol–water partition coefficient (Wildman–Crippen LogP) is 1.55. The van der Waals surface area contributed by atoms with Crippen molar-refractivity contribution in [2.75, 3.05) is 13.7 Å². The quantitative estimate of drug-likeness (QED) is 0.808. The van der Waals surface area contributed by atoms with E-state index in [4.69, 9.17) is 4.74 Å². The molecule has 2 atom stereocenters. The summed E-state index contributed by atoms with van der Waals surface area (Å²) >= 11 is 1.61. The maximum Gasteiger partial charge on any atom is 0.310 e. The number of esters is 1. The second-order valence-corrected chi connectivity index (χ2v) is 7.88. The molecule has 1 heterocycles. The molecule has 1 aromatic rings. The fourth-order valence-corrected chi connectivity index (χ4v) is 5.06. The third-order valence-electron chi connectivity index (χ3n) is 3.61. The van der Waals surface area contributed by atoms with Gasteiger partial charge in [0.25, 0.3) is 0 Å². The van der Waals surface area contributed by atoms with Crippen molar-refractivity contribution in [3.05, 3.63) is 22.4 Å². The van der Waals surface area contributed by atoms with Crippen LogP contribution in [-0.2, 0) is 26.0 Å². The van der Waals surface area contributed by atoms with Crippen LogP contribution >= 0.6 is 11.3 Å². The molecule has 1 aliphatic rings. The number of sulfonamides is 1. The number of ether oxygens (including phenoxy) is 1. The Bertz CT molecular complexity index is 539. The van der Waals surface area contributed by atoms with E-state index >= 15 is 0 Å². The number of hydrogen-bond donors (Lipinski definition) is 1. The third kappa shape index (κ3) is 3.59. The second kappa shape index (κ2) is 6.69. The molecule has 2 unspecified atom stereocenters. The molecule has 2 rings (SSSR count). The van der Waals surface area contributed by atoms with E-state index in [2.05, 4.69) is 4.72 Å². The monoisotopic (exact) mass is 317 g/mol. The van der Waals surface area contributed by atoms with E-state index in [1.165, 1.54) is 7.11 Å². The Morgan fingerprint density at radius 2 is 2.30 bits per heavy atom. The number of thiophene rings is 1. The van der Waals surface area contributed by atoms with Gasteiger partial charge in [0.1, 0.15) is 0 Å². The number of carbonyl (C=O) groups excluding carboxylic acids is 1. The van der Waals surface area contributed by atoms with Gasteiger partial charge >= 0.3 is 5.97 Å². The molecule has 1 fully saturated rings. The number of nitrogens with one attached hydrogen (secondary N) is 1. The number of rotatable bonds is 6. The zero-order valence-corrected chi connectivity index (χ0v) is 13.0. The standard InChI is InChI=1S/C13H19NO4S2/c1-18-13(15)11-5-2-6-12(11)20(16,17)14-8-7-10-4-3-9-19-10/h3-4,9,11-12,14H,2,5-8H2,1H3. The molecule has 1 aliphatic carbocycles. The molecule has 0 saturated heterocycles. The van der Waals surface area contributed by atoms with Crippen LogP contribution < -0.4 is 4.72 Å². The number of carbonyl (C=O) groups is 1. The Labute approximate surface area is 123 Å². The van der Waals surface area contributed by atoms with Crippen LogP contribution in [0, 0.1) is 5.92 Å². The van der Waals surface area contributed by atoms with E-state index in [1.807, 2.05) is 17.5 Å². The second-order valence-electron chi connectivity index (χ2n) is 4.87. The van der Waals surface area contributed by atoms with Gasteiger partial charge < -0.3 is 4.74 Å². The molecule has 1 saturated carbocycles. The lowest BCUT2D eigenvalue weighted by Crippen LogP contribution is -2.40. The zero-order chi connectivity index (χ0) is 14.6. The molecule has 0 aromatic carbocycles. The smallest absolute Gasteiger partial charge is 0.310 e. The molecule has 1 aromatic heterocycles. The highest BCUT2D eigenvalue weighted by Crippen LogP contribution is 2.31. The summed E-state index contributed by atoms with van der Waals surface area (Å²) in [6.45, 7) is 0.368. The van der Waals surface area contributed by atoms with Gasteiger partial charge in [0.05, 0.1) is 18.3 Å². The summed E-state index contributed by atoms with van der Waals surface area (Å²) in [6, 6.07) is 3.92. The van der Waals surface area contributed by atoms with Crippen molar-refractivity contribution in [3.63, 3.8) is 0 Å². The van der Waals surface area contributed by atoms with E-state index in [9.17, 15) is 13.2 Å². The van der Waals surface area contributed by atoms with E-state index < -0.39 is 27.2 Å². The molecule has 0 bridgehead atoms. The summed E-state index contributed by atoms with van der Waals surface area (Å²) in [7, 11) is -2.16. The van der Waals surface area contributed by atoms with Gasteiger partial charge in [0.2, 0.25) is 10.0 Å². The highest BCUT2D eigenvalue weighted by molar-refractivity contribution is 7.90. The van der Waals surface area contributed by atoms with Crippen LogP contribution in [0.4, 0.5) is 0 Å². The average Bonchev–Trinajstić information content (AvgIpc) is 3.08. The van der Waals surface area contributed by atoms with Crippen molar-refractivity contribution in [1.29, 1.82) is 0 Å². The largest absolute Gasteiger partial charge is 0.469 e. The van der Waals surface area contributed by atoms with Crippen LogP contribution in [-0.4, -0.2) is 33.3 Å². The first-order valence-electron chi connectivity index (χ1n) is 6.63. The molecule has 0 amide bonds. The normalized spacial score (nSPS) is 22.9. The Kier molecular flexibility index (Phi) is 5.17. The number of methoxy groups -OCH3 is 1. The lowest BCUT2D eigenvalue weighted by Gasteiger charge is -2.18. The van der Waals surface area contributed by atoms with Gasteiger partial charge in [-0.1, -0.05) is 12.5 Å². The maximum absolute atomic E-state index is 12.3. The van der Waals surface area contributed by atoms with Gasteiger partial charge in [-0.3, -0.25) is 4.79 Å². The van der Waals surface area contributed by atoms with E-state index in [0.717, 1.165) is 11.3 Å². The molecule has 7 heteroatoms. The summed E-state index contributed by atoms with van der Waals surface area (Å²) in [5, 5.41) is 1.31. The molecule has 0 radical (unpaired) electrons. The first-order valence-corrected chi connectivity index (χ1v) is 9.06. The molecule has 1 N–H and O–H groups in total. The SMILES string of the molecule is COC(=O)C1CCCC1S(=O)(=O)NCCc1cccs1. The summed E-state index contributed by atoms with van der Waals surface area (Å²) in [5.74, 6) is -0.949. The molecule has 0 aliphatic heterocycles. The van der Waals surface area contributed by atoms with Crippen molar-refractivity contribution in [2.24, 2.45) is 5.92 Å². The van der Waals surface area contributed by atoms with E-state index in [1.54, 1.807) is 11.3 Å². The van der Waals surface area contributed by atoms with E-state index in [-0.39, 0.29) is 0 Å². The van der Waals surface area contributed by atoms with Crippen LogP contribution in [0.1, 0.15) is 24.1 Å². The first kappa shape index (κ1) is 15.5. The predicted molar refractivity (Wildman–Crippen MR) is 78.1 cm³/mol. The van der Waals surface area contributed by atoms with Crippen molar-refractivity contribution >= 4 is 27.3 Å². The van der Waals surface area contributed by atoms with Gasteiger partial charge in [0.15, 0.2) is 0 Å². The minimum Gasteiger partial charge on any atom is -0.469 e. The molecule has 20 heavy (non-hydrogen) atoms. The zero-order valence-electron chi connectivity index (χ0n) is 11.4. The molecular weight excluding hydrogens is 298 g/mol. The molecule has 5 nitrogen and oxygen atoms in total. The summed E-state index contributed by atoms with van der Waals surface area (Å²) in [5.41, 5.74) is 0. The first-order chi connectivity index (χ1) is 9.54. The van der Waals surface area contributed by atoms with Crippen molar-refractivity contribution < 1.29 is 17.9 Å². The Morgan fingerprint density at radius 1 is 1.50 bits per heavy atom. The third-order valence-corrected chi connectivity index (χ3v) is 6.51. The fourth-order valence-electron chi connectivity index (χ4n) is 2.60. The maximum atomic E-state index is 12.3. The minimum atomic E-state index is -3.46.